The van der Waals surface area contributed by atoms with Crippen molar-refractivity contribution < 1.29 is 9.84 Å². The molecular weight excluding hydrogens is 154 g/mol. The summed E-state index contributed by atoms with van der Waals surface area (Å²) in [5, 5.41) is 9.81. The van der Waals surface area contributed by atoms with Crippen LogP contribution in [0.15, 0.2) is 0 Å². The van der Waals surface area contributed by atoms with E-state index in [1.807, 2.05) is 6.92 Å². The highest BCUT2D eigenvalue weighted by Crippen LogP contribution is 2.24. The van der Waals surface area contributed by atoms with Crippen LogP contribution < -0.4 is 5.73 Å². The van der Waals surface area contributed by atoms with Gasteiger partial charge in [-0.15, -0.1) is 0 Å². The summed E-state index contributed by atoms with van der Waals surface area (Å²) in [5.74, 6) is 0. The van der Waals surface area contributed by atoms with Gasteiger partial charge in [-0.1, -0.05) is 0 Å². The molecule has 2 atom stereocenters. The lowest BCUT2D eigenvalue weighted by molar-refractivity contribution is -0.0104. The first kappa shape index (κ1) is 9.96. The highest BCUT2D eigenvalue weighted by molar-refractivity contribution is 4.79. The minimum absolute atomic E-state index is 0.256. The molecule has 0 aromatic rings. The number of aliphatic hydroxyl groups is 1. The lowest BCUT2D eigenvalue weighted by atomic mass is 9.94. The fourth-order valence-corrected chi connectivity index (χ4v) is 1.71. The standard InChI is InChI=1S/C9H19NO2/c1-9(11,4-5-10)7-8-3-2-6-12-8/h8,11H,2-7,10H2,1H3. The van der Waals surface area contributed by atoms with E-state index in [4.69, 9.17) is 10.5 Å². The number of rotatable bonds is 4. The molecule has 0 aromatic carbocycles. The van der Waals surface area contributed by atoms with E-state index in [1.54, 1.807) is 0 Å². The molecule has 1 aliphatic heterocycles. The second-order valence-electron chi connectivity index (χ2n) is 3.87. The molecule has 3 N–H and O–H groups in total. The van der Waals surface area contributed by atoms with Crippen LogP contribution in [0.5, 0.6) is 0 Å². The van der Waals surface area contributed by atoms with Gasteiger partial charge >= 0.3 is 0 Å². The predicted octanol–water partition coefficient (Wildman–Crippen LogP) is 0.655. The topological polar surface area (TPSA) is 55.5 Å². The van der Waals surface area contributed by atoms with Crippen molar-refractivity contribution >= 4 is 0 Å². The molecular formula is C9H19NO2. The smallest absolute Gasteiger partial charge is 0.0656 e. The van der Waals surface area contributed by atoms with Crippen LogP contribution in [0.1, 0.15) is 32.6 Å². The van der Waals surface area contributed by atoms with E-state index >= 15 is 0 Å². The molecule has 72 valence electrons. The first-order valence-electron chi connectivity index (χ1n) is 4.68. The van der Waals surface area contributed by atoms with Crippen molar-refractivity contribution in [3.8, 4) is 0 Å². The summed E-state index contributed by atoms with van der Waals surface area (Å²) in [6.07, 6.45) is 3.85. The number of nitrogens with two attached hydrogens (primary N) is 1. The van der Waals surface area contributed by atoms with Gasteiger partial charge in [0.25, 0.3) is 0 Å². The molecule has 0 aromatic heterocycles. The van der Waals surface area contributed by atoms with E-state index in [2.05, 4.69) is 0 Å². The Labute approximate surface area is 73.9 Å². The largest absolute Gasteiger partial charge is 0.390 e. The highest BCUT2D eigenvalue weighted by atomic mass is 16.5. The molecule has 1 saturated heterocycles. The zero-order chi connectivity index (χ0) is 9.03. The van der Waals surface area contributed by atoms with Crippen LogP contribution in [0.4, 0.5) is 0 Å². The molecule has 0 saturated carbocycles. The first-order valence-corrected chi connectivity index (χ1v) is 4.68. The fourth-order valence-electron chi connectivity index (χ4n) is 1.71. The van der Waals surface area contributed by atoms with E-state index in [9.17, 15) is 5.11 Å². The van der Waals surface area contributed by atoms with Crippen LogP contribution in [0.2, 0.25) is 0 Å². The molecule has 1 rings (SSSR count). The van der Waals surface area contributed by atoms with E-state index in [1.165, 1.54) is 0 Å². The summed E-state index contributed by atoms with van der Waals surface area (Å²) in [4.78, 5) is 0. The van der Waals surface area contributed by atoms with Crippen molar-refractivity contribution in [1.82, 2.24) is 0 Å². The van der Waals surface area contributed by atoms with E-state index in [0.717, 1.165) is 25.9 Å². The summed E-state index contributed by atoms with van der Waals surface area (Å²) in [6, 6.07) is 0. The van der Waals surface area contributed by atoms with Gasteiger partial charge in [0.15, 0.2) is 0 Å². The van der Waals surface area contributed by atoms with E-state index in [-0.39, 0.29) is 6.10 Å². The average Bonchev–Trinajstić information content (AvgIpc) is 2.38. The summed E-state index contributed by atoms with van der Waals surface area (Å²) >= 11 is 0. The van der Waals surface area contributed by atoms with E-state index < -0.39 is 5.60 Å². The Hall–Kier alpha value is -0.120. The molecule has 0 bridgehead atoms. The quantitative estimate of drug-likeness (QED) is 0.656. The summed E-state index contributed by atoms with van der Waals surface area (Å²) in [6.45, 7) is 3.23. The second kappa shape index (κ2) is 4.21. The molecule has 3 nitrogen and oxygen atoms in total. The Morgan fingerprint density at radius 1 is 1.67 bits per heavy atom. The molecule has 0 spiro atoms. The van der Waals surface area contributed by atoms with Crippen molar-refractivity contribution in [2.45, 2.75) is 44.3 Å². The molecule has 0 amide bonds. The molecule has 12 heavy (non-hydrogen) atoms. The van der Waals surface area contributed by atoms with Gasteiger partial charge in [0, 0.05) is 13.0 Å². The van der Waals surface area contributed by atoms with Crippen molar-refractivity contribution in [1.29, 1.82) is 0 Å². The van der Waals surface area contributed by atoms with Gasteiger partial charge in [-0.3, -0.25) is 0 Å². The molecule has 1 fully saturated rings. The monoisotopic (exact) mass is 173 g/mol. The summed E-state index contributed by atoms with van der Waals surface area (Å²) < 4.78 is 5.43. The summed E-state index contributed by atoms with van der Waals surface area (Å²) in [5.41, 5.74) is 4.75. The van der Waals surface area contributed by atoms with Crippen LogP contribution in [0, 0.1) is 0 Å². The predicted molar refractivity (Wildman–Crippen MR) is 47.9 cm³/mol. The average molecular weight is 173 g/mol. The molecule has 1 heterocycles. The normalized spacial score (nSPS) is 28.8. The minimum Gasteiger partial charge on any atom is -0.390 e. The molecule has 2 unspecified atom stereocenters. The minimum atomic E-state index is -0.635. The fraction of sp³-hybridized carbons (Fsp3) is 1.00. The van der Waals surface area contributed by atoms with Gasteiger partial charge in [-0.05, 0) is 32.7 Å². The zero-order valence-electron chi connectivity index (χ0n) is 7.75. The number of hydrogen-bond acceptors (Lipinski definition) is 3. The number of ether oxygens (including phenoxy) is 1. The third-order valence-corrected chi connectivity index (χ3v) is 2.37. The van der Waals surface area contributed by atoms with Gasteiger partial charge in [0.1, 0.15) is 0 Å². The van der Waals surface area contributed by atoms with Gasteiger partial charge in [-0.2, -0.15) is 0 Å². The van der Waals surface area contributed by atoms with Crippen molar-refractivity contribution in [2.24, 2.45) is 5.73 Å². The van der Waals surface area contributed by atoms with Crippen molar-refractivity contribution in [2.75, 3.05) is 13.2 Å². The van der Waals surface area contributed by atoms with Crippen LogP contribution in [0.25, 0.3) is 0 Å². The van der Waals surface area contributed by atoms with Gasteiger partial charge < -0.3 is 15.6 Å². The Morgan fingerprint density at radius 3 is 2.92 bits per heavy atom. The Kier molecular flexibility index (Phi) is 3.50. The van der Waals surface area contributed by atoms with E-state index in [0.29, 0.717) is 13.0 Å². The molecule has 1 aliphatic rings. The molecule has 0 radical (unpaired) electrons. The zero-order valence-corrected chi connectivity index (χ0v) is 7.75. The Balaban J connectivity index is 2.27. The maximum atomic E-state index is 9.81. The lowest BCUT2D eigenvalue weighted by Gasteiger charge is -2.25. The van der Waals surface area contributed by atoms with Gasteiger partial charge in [0.2, 0.25) is 0 Å². The van der Waals surface area contributed by atoms with Crippen molar-refractivity contribution in [3.05, 3.63) is 0 Å². The van der Waals surface area contributed by atoms with Crippen LogP contribution >= 0.6 is 0 Å². The Morgan fingerprint density at radius 2 is 2.42 bits per heavy atom. The highest BCUT2D eigenvalue weighted by Gasteiger charge is 2.27. The first-order chi connectivity index (χ1) is 5.64. The van der Waals surface area contributed by atoms with Crippen LogP contribution in [0.3, 0.4) is 0 Å². The Bertz CT molecular complexity index is 130. The third kappa shape index (κ3) is 3.09. The second-order valence-corrected chi connectivity index (χ2v) is 3.87. The van der Waals surface area contributed by atoms with Crippen molar-refractivity contribution in [3.63, 3.8) is 0 Å². The van der Waals surface area contributed by atoms with Gasteiger partial charge in [-0.25, -0.2) is 0 Å². The van der Waals surface area contributed by atoms with Crippen LogP contribution in [-0.2, 0) is 4.74 Å². The van der Waals surface area contributed by atoms with Gasteiger partial charge in [0.05, 0.1) is 11.7 Å². The van der Waals surface area contributed by atoms with Crippen LogP contribution in [-0.4, -0.2) is 30.0 Å². The lowest BCUT2D eigenvalue weighted by Crippen LogP contribution is -2.32. The number of hydrogen-bond donors (Lipinski definition) is 2. The maximum Gasteiger partial charge on any atom is 0.0656 e. The summed E-state index contributed by atoms with van der Waals surface area (Å²) in [7, 11) is 0. The maximum absolute atomic E-state index is 9.81. The SMILES string of the molecule is CC(O)(CCN)CC1CCCO1. The molecule has 3 heteroatoms. The molecule has 0 aliphatic carbocycles. The third-order valence-electron chi connectivity index (χ3n) is 2.37.